The Kier molecular flexibility index (Phi) is 4.36. The molecule has 0 radical (unpaired) electrons. The number of primary sulfonamides is 1. The Bertz CT molecular complexity index is 545. The molecule has 1 aromatic rings. The zero-order valence-corrected chi connectivity index (χ0v) is 9.98. The van der Waals surface area contributed by atoms with Crippen LogP contribution in [0.25, 0.3) is 0 Å². The minimum atomic E-state index is -3.64. The maximum absolute atomic E-state index is 10.7. The van der Waals surface area contributed by atoms with Crippen molar-refractivity contribution in [2.45, 2.75) is 0 Å². The van der Waals surface area contributed by atoms with Gasteiger partial charge in [-0.3, -0.25) is 10.1 Å². The highest BCUT2D eigenvalue weighted by Crippen LogP contribution is 2.23. The summed E-state index contributed by atoms with van der Waals surface area (Å²) < 4.78 is 21.4. The molecule has 0 bridgehead atoms. The zero-order chi connectivity index (χ0) is 13.8. The number of hydrogen-bond acceptors (Lipinski definition) is 8. The van der Waals surface area contributed by atoms with Crippen LogP contribution in [0.15, 0.2) is 12.1 Å². The number of nitrogens with two attached hydrogens (primary N) is 2. The van der Waals surface area contributed by atoms with Crippen LogP contribution in [0, 0.1) is 10.1 Å². The first kappa shape index (κ1) is 14.1. The lowest BCUT2D eigenvalue weighted by atomic mass is 10.3. The highest BCUT2D eigenvalue weighted by atomic mass is 32.2. The number of sulfonamides is 1. The van der Waals surface area contributed by atoms with Gasteiger partial charge in [-0.25, -0.2) is 24.4 Å². The number of nitro groups is 1. The smallest absolute Gasteiger partial charge is 0.311 e. The minimum absolute atomic E-state index is 0.0842. The SMILES string of the molecule is NNc1ccc([N+](=O)[O-])c(NCCS(N)(=O)=O)n1. The Hall–Kier alpha value is -1.98. The lowest BCUT2D eigenvalue weighted by Crippen LogP contribution is -2.23. The quantitative estimate of drug-likeness (QED) is 0.291. The Morgan fingerprint density at radius 3 is 2.61 bits per heavy atom. The van der Waals surface area contributed by atoms with E-state index in [0.29, 0.717) is 0 Å². The van der Waals surface area contributed by atoms with Gasteiger partial charge in [-0.2, -0.15) is 0 Å². The van der Waals surface area contributed by atoms with E-state index in [-0.39, 0.29) is 29.6 Å². The van der Waals surface area contributed by atoms with E-state index in [9.17, 15) is 18.5 Å². The van der Waals surface area contributed by atoms with Gasteiger partial charge in [-0.15, -0.1) is 0 Å². The van der Waals surface area contributed by atoms with Crippen LogP contribution in [0.4, 0.5) is 17.3 Å². The zero-order valence-electron chi connectivity index (χ0n) is 9.16. The number of hydrazine groups is 1. The molecule has 0 spiro atoms. The van der Waals surface area contributed by atoms with Crippen molar-refractivity contribution in [2.24, 2.45) is 11.0 Å². The van der Waals surface area contributed by atoms with Gasteiger partial charge in [0.1, 0.15) is 5.82 Å². The fourth-order valence-corrected chi connectivity index (χ4v) is 1.51. The fraction of sp³-hybridized carbons (Fsp3) is 0.286. The molecule has 1 aromatic heterocycles. The largest absolute Gasteiger partial charge is 0.363 e. The van der Waals surface area contributed by atoms with Crippen molar-refractivity contribution in [3.05, 3.63) is 22.2 Å². The normalized spacial score (nSPS) is 11.0. The van der Waals surface area contributed by atoms with Crippen LogP contribution < -0.4 is 21.7 Å². The molecule has 100 valence electrons. The molecule has 10 nitrogen and oxygen atoms in total. The number of pyridine rings is 1. The molecule has 0 atom stereocenters. The Balaban J connectivity index is 2.87. The first-order chi connectivity index (χ1) is 8.33. The van der Waals surface area contributed by atoms with Crippen LogP contribution in [-0.2, 0) is 10.0 Å². The Morgan fingerprint density at radius 1 is 1.44 bits per heavy atom. The number of nitrogens with zero attached hydrogens (tertiary/aromatic N) is 2. The third kappa shape index (κ3) is 4.12. The van der Waals surface area contributed by atoms with E-state index in [2.05, 4.69) is 15.7 Å². The molecule has 11 heteroatoms. The molecule has 0 aromatic carbocycles. The highest BCUT2D eigenvalue weighted by Gasteiger charge is 2.16. The van der Waals surface area contributed by atoms with Gasteiger partial charge in [0.15, 0.2) is 0 Å². The third-order valence-electron chi connectivity index (χ3n) is 1.90. The standard InChI is InChI=1S/C7H12N6O4S/c8-12-6-2-1-5(13(14)15)7(11-6)10-3-4-18(9,16)17/h1-2H,3-4,8H2,(H2,9,16,17)(H2,10,11,12). The number of nitrogens with one attached hydrogen (secondary N) is 2. The van der Waals surface area contributed by atoms with Gasteiger partial charge in [0.2, 0.25) is 15.8 Å². The summed E-state index contributed by atoms with van der Waals surface area (Å²) in [4.78, 5) is 13.9. The van der Waals surface area contributed by atoms with Crippen molar-refractivity contribution in [1.29, 1.82) is 0 Å². The average Bonchev–Trinajstić information content (AvgIpc) is 2.26. The van der Waals surface area contributed by atoms with E-state index < -0.39 is 14.9 Å². The predicted octanol–water partition coefficient (Wildman–Crippen LogP) is -1.02. The average molecular weight is 276 g/mol. The summed E-state index contributed by atoms with van der Waals surface area (Å²) in [5, 5.41) is 18.0. The van der Waals surface area contributed by atoms with Crippen LogP contribution in [-0.4, -0.2) is 30.6 Å². The van der Waals surface area contributed by atoms with Gasteiger partial charge in [0, 0.05) is 12.6 Å². The fourth-order valence-electron chi connectivity index (χ4n) is 1.12. The highest BCUT2D eigenvalue weighted by molar-refractivity contribution is 7.89. The summed E-state index contributed by atoms with van der Waals surface area (Å²) in [6, 6.07) is 2.52. The van der Waals surface area contributed by atoms with Gasteiger partial charge in [0.05, 0.1) is 10.7 Å². The number of nitrogen functional groups attached to an aromatic ring is 1. The minimum Gasteiger partial charge on any atom is -0.363 e. The summed E-state index contributed by atoms with van der Waals surface area (Å²) in [5.74, 6) is 4.87. The predicted molar refractivity (Wildman–Crippen MR) is 65.2 cm³/mol. The summed E-state index contributed by atoms with van der Waals surface area (Å²) >= 11 is 0. The van der Waals surface area contributed by atoms with Crippen molar-refractivity contribution in [3.63, 3.8) is 0 Å². The summed E-state index contributed by atoms with van der Waals surface area (Å²) in [7, 11) is -3.64. The van der Waals surface area contributed by atoms with E-state index in [1.807, 2.05) is 0 Å². The Morgan fingerprint density at radius 2 is 2.11 bits per heavy atom. The van der Waals surface area contributed by atoms with Crippen molar-refractivity contribution in [2.75, 3.05) is 23.0 Å². The van der Waals surface area contributed by atoms with Gasteiger partial charge in [-0.05, 0) is 6.07 Å². The molecule has 0 unspecified atom stereocenters. The molecule has 0 aliphatic rings. The summed E-state index contributed by atoms with van der Waals surface area (Å²) in [6.07, 6.45) is 0. The van der Waals surface area contributed by atoms with E-state index in [4.69, 9.17) is 11.0 Å². The third-order valence-corrected chi connectivity index (χ3v) is 2.67. The molecule has 0 aliphatic heterocycles. The second kappa shape index (κ2) is 5.57. The molecule has 18 heavy (non-hydrogen) atoms. The molecule has 0 saturated heterocycles. The van der Waals surface area contributed by atoms with Crippen molar-refractivity contribution >= 4 is 27.3 Å². The van der Waals surface area contributed by atoms with E-state index in [1.165, 1.54) is 12.1 Å². The van der Waals surface area contributed by atoms with Gasteiger partial charge >= 0.3 is 5.69 Å². The van der Waals surface area contributed by atoms with Crippen LogP contribution in [0.5, 0.6) is 0 Å². The van der Waals surface area contributed by atoms with Crippen molar-refractivity contribution < 1.29 is 13.3 Å². The van der Waals surface area contributed by atoms with Crippen LogP contribution >= 0.6 is 0 Å². The topological polar surface area (TPSA) is 166 Å². The van der Waals surface area contributed by atoms with Crippen molar-refractivity contribution in [1.82, 2.24) is 4.98 Å². The lowest BCUT2D eigenvalue weighted by Gasteiger charge is -2.07. The summed E-state index contributed by atoms with van der Waals surface area (Å²) in [6.45, 7) is -0.0965. The maximum atomic E-state index is 10.7. The second-order valence-corrected chi connectivity index (χ2v) is 4.99. The molecule has 0 aliphatic carbocycles. The van der Waals surface area contributed by atoms with Crippen LogP contribution in [0.1, 0.15) is 0 Å². The number of anilines is 2. The number of rotatable bonds is 6. The molecular weight excluding hydrogens is 264 g/mol. The molecule has 0 fully saturated rings. The molecule has 6 N–H and O–H groups in total. The van der Waals surface area contributed by atoms with Crippen LogP contribution in [0.2, 0.25) is 0 Å². The molecule has 1 rings (SSSR count). The Labute approximate surface area is 103 Å². The molecular formula is C7H12N6O4S. The molecule has 0 amide bonds. The second-order valence-electron chi connectivity index (χ2n) is 3.26. The molecule has 1 heterocycles. The first-order valence-electron chi connectivity index (χ1n) is 4.70. The van der Waals surface area contributed by atoms with E-state index in [1.54, 1.807) is 0 Å². The van der Waals surface area contributed by atoms with Gasteiger partial charge in [-0.1, -0.05) is 0 Å². The number of aromatic nitrogens is 1. The van der Waals surface area contributed by atoms with Gasteiger partial charge in [0.25, 0.3) is 0 Å². The maximum Gasteiger partial charge on any atom is 0.311 e. The lowest BCUT2D eigenvalue weighted by molar-refractivity contribution is -0.384. The van der Waals surface area contributed by atoms with Gasteiger partial charge < -0.3 is 10.7 Å². The van der Waals surface area contributed by atoms with Crippen LogP contribution in [0.3, 0.4) is 0 Å². The molecule has 0 saturated carbocycles. The van der Waals surface area contributed by atoms with E-state index >= 15 is 0 Å². The van der Waals surface area contributed by atoms with Crippen molar-refractivity contribution in [3.8, 4) is 0 Å². The number of hydrogen-bond donors (Lipinski definition) is 4. The summed E-state index contributed by atoms with van der Waals surface area (Å²) in [5.41, 5.74) is 1.94. The first-order valence-corrected chi connectivity index (χ1v) is 6.41. The van der Waals surface area contributed by atoms with E-state index in [0.717, 1.165) is 0 Å². The monoisotopic (exact) mass is 276 g/mol.